The van der Waals surface area contributed by atoms with Crippen molar-refractivity contribution in [3.63, 3.8) is 0 Å². The molecule has 1 heterocycles. The van der Waals surface area contributed by atoms with E-state index < -0.39 is 0 Å². The molecule has 0 spiro atoms. The van der Waals surface area contributed by atoms with Gasteiger partial charge in [-0.15, -0.1) is 0 Å². The molecule has 1 rings (SSSR count). The average Bonchev–Trinajstić information content (AvgIpc) is 1.86. The van der Waals surface area contributed by atoms with Crippen LogP contribution < -0.4 is 4.98 Å². The smallest absolute Gasteiger partial charge is 0.332 e. The maximum absolute atomic E-state index is 4.78. The van der Waals surface area contributed by atoms with Gasteiger partial charge in [0.1, 0.15) is 0 Å². The van der Waals surface area contributed by atoms with Gasteiger partial charge < -0.3 is 4.42 Å². The summed E-state index contributed by atoms with van der Waals surface area (Å²) in [5, 5.41) is 0. The Morgan fingerprint density at radius 2 is 2.67 bits per heavy atom. The molecule has 0 bridgehead atoms. The van der Waals surface area contributed by atoms with Gasteiger partial charge in [-0.3, -0.25) is 0 Å². The summed E-state index contributed by atoms with van der Waals surface area (Å²) >= 11 is 0. The van der Waals surface area contributed by atoms with Crippen LogP contribution in [0.15, 0.2) is 17.0 Å². The van der Waals surface area contributed by atoms with E-state index in [0.717, 1.165) is 5.76 Å². The zero-order valence-corrected chi connectivity index (χ0v) is 3.56. The van der Waals surface area contributed by atoms with Crippen LogP contribution in [0.4, 0.5) is 0 Å². The van der Waals surface area contributed by atoms with Crippen molar-refractivity contribution in [3.8, 4) is 0 Å². The van der Waals surface area contributed by atoms with Gasteiger partial charge in [0.15, 0.2) is 5.76 Å². The van der Waals surface area contributed by atoms with Crippen LogP contribution in [-0.2, 0) is 0 Å². The number of oxazole rings is 1. The molecular formula is C4H6NO+. The van der Waals surface area contributed by atoms with Crippen LogP contribution in [-0.4, -0.2) is 0 Å². The number of hydrogen-bond donors (Lipinski definition) is 0. The van der Waals surface area contributed by atoms with Gasteiger partial charge in [0.25, 0.3) is 0 Å². The minimum Gasteiger partial charge on any atom is -0.409 e. The minimum atomic E-state index is 0.912. The summed E-state index contributed by atoms with van der Waals surface area (Å²) < 4.78 is 4.78. The van der Waals surface area contributed by atoms with Crippen LogP contribution in [0.1, 0.15) is 5.76 Å². The van der Waals surface area contributed by atoms with E-state index in [2.05, 4.69) is 4.98 Å². The summed E-state index contributed by atoms with van der Waals surface area (Å²) in [7, 11) is 0. The lowest BCUT2D eigenvalue weighted by Crippen LogP contribution is -1.87. The Bertz CT molecular complexity index is 111. The van der Waals surface area contributed by atoms with Gasteiger partial charge >= 0.3 is 6.39 Å². The van der Waals surface area contributed by atoms with Gasteiger partial charge in [-0.2, -0.15) is 4.98 Å². The molecule has 0 amide bonds. The SMILES string of the molecule is Cc1c[nH+]co1. The first-order chi connectivity index (χ1) is 2.89. The third-order valence-corrected chi connectivity index (χ3v) is 0.599. The highest BCUT2D eigenvalue weighted by atomic mass is 16.3. The molecule has 0 radical (unpaired) electrons. The van der Waals surface area contributed by atoms with Crippen LogP contribution in [0.25, 0.3) is 0 Å². The lowest BCUT2D eigenvalue weighted by molar-refractivity contribution is -0.383. The molecule has 32 valence electrons. The molecule has 2 nitrogen and oxygen atoms in total. The van der Waals surface area contributed by atoms with Gasteiger partial charge in [-0.05, 0) is 0 Å². The maximum atomic E-state index is 4.78. The Morgan fingerprint density at radius 1 is 1.83 bits per heavy atom. The zero-order chi connectivity index (χ0) is 4.41. The summed E-state index contributed by atoms with van der Waals surface area (Å²) in [4.78, 5) is 2.76. The Morgan fingerprint density at radius 3 is 2.83 bits per heavy atom. The van der Waals surface area contributed by atoms with E-state index >= 15 is 0 Å². The Hall–Kier alpha value is -0.790. The number of aromatic nitrogens is 1. The van der Waals surface area contributed by atoms with Crippen molar-refractivity contribution >= 4 is 0 Å². The fourth-order valence-corrected chi connectivity index (χ4v) is 0.312. The fourth-order valence-electron chi connectivity index (χ4n) is 0.312. The van der Waals surface area contributed by atoms with Crippen LogP contribution >= 0.6 is 0 Å². The van der Waals surface area contributed by atoms with E-state index in [1.807, 2.05) is 6.92 Å². The number of hydrogen-bond acceptors (Lipinski definition) is 1. The van der Waals surface area contributed by atoms with Gasteiger partial charge in [0.2, 0.25) is 6.20 Å². The van der Waals surface area contributed by atoms with Crippen molar-refractivity contribution in [1.29, 1.82) is 0 Å². The second-order valence-electron chi connectivity index (χ2n) is 1.16. The van der Waals surface area contributed by atoms with E-state index in [0.29, 0.717) is 0 Å². The molecule has 2 heteroatoms. The fraction of sp³-hybridized carbons (Fsp3) is 0.250. The number of rotatable bonds is 0. The standard InChI is InChI=1S/C4H5NO/c1-4-2-5-3-6-4/h2-3H,1H3/p+1. The molecule has 0 saturated carbocycles. The quantitative estimate of drug-likeness (QED) is 0.447. The predicted octanol–water partition coefficient (Wildman–Crippen LogP) is 0.402. The van der Waals surface area contributed by atoms with Crippen LogP contribution in [0.5, 0.6) is 0 Å². The first-order valence-electron chi connectivity index (χ1n) is 1.81. The second-order valence-corrected chi connectivity index (χ2v) is 1.16. The molecule has 1 N–H and O–H groups in total. The third-order valence-electron chi connectivity index (χ3n) is 0.599. The van der Waals surface area contributed by atoms with E-state index in [-0.39, 0.29) is 0 Å². The van der Waals surface area contributed by atoms with Gasteiger partial charge in [-0.25, -0.2) is 0 Å². The van der Waals surface area contributed by atoms with Crippen molar-refractivity contribution in [1.82, 2.24) is 0 Å². The molecule has 0 aromatic carbocycles. The Labute approximate surface area is 35.8 Å². The molecule has 0 aliphatic rings. The number of aromatic amines is 1. The Kier molecular flexibility index (Phi) is 0.638. The number of H-pyrrole nitrogens is 1. The molecule has 6 heavy (non-hydrogen) atoms. The summed E-state index contributed by atoms with van der Waals surface area (Å²) in [5.74, 6) is 0.912. The van der Waals surface area contributed by atoms with Gasteiger partial charge in [0.05, 0.1) is 0 Å². The number of aryl methyl sites for hydroxylation is 1. The first-order valence-corrected chi connectivity index (χ1v) is 1.81. The molecule has 0 fully saturated rings. The molecule has 0 saturated heterocycles. The van der Waals surface area contributed by atoms with Gasteiger partial charge in [0, 0.05) is 6.92 Å². The molecule has 0 unspecified atom stereocenters. The maximum Gasteiger partial charge on any atom is 0.332 e. The third kappa shape index (κ3) is 0.407. The highest BCUT2D eigenvalue weighted by Gasteiger charge is 1.84. The highest BCUT2D eigenvalue weighted by molar-refractivity contribution is 4.74. The molecular weight excluding hydrogens is 78.0 g/mol. The molecule has 0 atom stereocenters. The molecule has 1 aromatic rings. The summed E-state index contributed by atoms with van der Waals surface area (Å²) in [5.41, 5.74) is 0. The molecule has 0 aliphatic carbocycles. The van der Waals surface area contributed by atoms with Crippen LogP contribution in [0.3, 0.4) is 0 Å². The summed E-state index contributed by atoms with van der Waals surface area (Å²) in [6, 6.07) is 0. The second kappa shape index (κ2) is 1.12. The predicted molar refractivity (Wildman–Crippen MR) is 20.0 cm³/mol. The van der Waals surface area contributed by atoms with E-state index in [4.69, 9.17) is 4.42 Å². The van der Waals surface area contributed by atoms with E-state index in [1.54, 1.807) is 6.20 Å². The normalized spacial score (nSPS) is 8.83. The van der Waals surface area contributed by atoms with Crippen molar-refractivity contribution in [2.45, 2.75) is 6.92 Å². The topological polar surface area (TPSA) is 27.3 Å². The molecule has 0 aliphatic heterocycles. The monoisotopic (exact) mass is 84.0 g/mol. The van der Waals surface area contributed by atoms with Crippen LogP contribution in [0, 0.1) is 6.92 Å². The zero-order valence-electron chi connectivity index (χ0n) is 3.56. The summed E-state index contributed by atoms with van der Waals surface area (Å²) in [6.45, 7) is 1.89. The minimum absolute atomic E-state index is 0.912. The highest BCUT2D eigenvalue weighted by Crippen LogP contribution is 1.84. The molecule has 1 aromatic heterocycles. The average molecular weight is 84.1 g/mol. The number of nitrogens with one attached hydrogen (secondary N) is 1. The van der Waals surface area contributed by atoms with E-state index in [1.165, 1.54) is 6.39 Å². The Balaban J connectivity index is 3.05. The first kappa shape index (κ1) is 3.40. The van der Waals surface area contributed by atoms with E-state index in [9.17, 15) is 0 Å². The lowest BCUT2D eigenvalue weighted by atomic mass is 10.6. The summed E-state index contributed by atoms with van der Waals surface area (Å²) in [6.07, 6.45) is 3.33. The largest absolute Gasteiger partial charge is 0.409 e. The van der Waals surface area contributed by atoms with Crippen LogP contribution in [0.2, 0.25) is 0 Å². The lowest BCUT2D eigenvalue weighted by Gasteiger charge is -1.60. The van der Waals surface area contributed by atoms with Crippen molar-refractivity contribution in [2.24, 2.45) is 0 Å². The van der Waals surface area contributed by atoms with Crippen molar-refractivity contribution in [2.75, 3.05) is 0 Å². The van der Waals surface area contributed by atoms with Crippen molar-refractivity contribution < 1.29 is 9.40 Å². The van der Waals surface area contributed by atoms with Crippen molar-refractivity contribution in [3.05, 3.63) is 18.4 Å². The van der Waals surface area contributed by atoms with Gasteiger partial charge in [-0.1, -0.05) is 0 Å².